The van der Waals surface area contributed by atoms with Crippen LogP contribution in [-0.2, 0) is 17.8 Å². The lowest BCUT2D eigenvalue weighted by Crippen LogP contribution is -2.36. The highest BCUT2D eigenvalue weighted by molar-refractivity contribution is 5.96. The van der Waals surface area contributed by atoms with Crippen LogP contribution < -0.4 is 10.2 Å². The van der Waals surface area contributed by atoms with Gasteiger partial charge in [0.25, 0.3) is 5.91 Å². The summed E-state index contributed by atoms with van der Waals surface area (Å²) in [6.45, 7) is 12.3. The third-order valence-electron chi connectivity index (χ3n) is 4.88. The van der Waals surface area contributed by atoms with Gasteiger partial charge >= 0.3 is 0 Å². The Bertz CT molecular complexity index is 774. The van der Waals surface area contributed by atoms with E-state index in [9.17, 15) is 4.79 Å². The van der Waals surface area contributed by atoms with Gasteiger partial charge < -0.3 is 19.5 Å². The van der Waals surface area contributed by atoms with Crippen LogP contribution in [-0.4, -0.2) is 36.8 Å². The largest absolute Gasteiger partial charge is 0.378 e. The lowest BCUT2D eigenvalue weighted by molar-refractivity contribution is 0.0941. The topological polar surface area (TPSA) is 46.5 Å². The molecule has 1 saturated heterocycles. The molecule has 138 valence electrons. The molecule has 0 spiro atoms. The van der Waals surface area contributed by atoms with Gasteiger partial charge in [0.15, 0.2) is 0 Å². The molecule has 3 rings (SSSR count). The van der Waals surface area contributed by atoms with E-state index < -0.39 is 0 Å². The van der Waals surface area contributed by atoms with Gasteiger partial charge in [0, 0.05) is 37.4 Å². The number of nitrogens with one attached hydrogen (secondary N) is 1. The highest BCUT2D eigenvalue weighted by atomic mass is 16.5. The second-order valence-electron chi connectivity index (χ2n) is 6.57. The van der Waals surface area contributed by atoms with E-state index in [1.54, 1.807) is 0 Å². The Morgan fingerprint density at radius 2 is 1.92 bits per heavy atom. The zero-order chi connectivity index (χ0) is 18.5. The summed E-state index contributed by atoms with van der Waals surface area (Å²) in [6, 6.07) is 9.96. The molecule has 0 saturated carbocycles. The van der Waals surface area contributed by atoms with Crippen molar-refractivity contribution in [3.63, 3.8) is 0 Å². The minimum absolute atomic E-state index is 0.0455. The van der Waals surface area contributed by atoms with Gasteiger partial charge in [0.05, 0.1) is 18.9 Å². The molecule has 1 aliphatic heterocycles. The van der Waals surface area contributed by atoms with Gasteiger partial charge in [-0.1, -0.05) is 36.4 Å². The second-order valence-corrected chi connectivity index (χ2v) is 6.57. The zero-order valence-corrected chi connectivity index (χ0v) is 15.6. The van der Waals surface area contributed by atoms with Crippen LogP contribution in [0.15, 0.2) is 43.0 Å². The molecule has 2 heterocycles. The van der Waals surface area contributed by atoms with E-state index in [-0.39, 0.29) is 5.91 Å². The van der Waals surface area contributed by atoms with Crippen molar-refractivity contribution < 1.29 is 9.53 Å². The summed E-state index contributed by atoms with van der Waals surface area (Å²) in [5, 5.41) is 3.06. The third-order valence-corrected chi connectivity index (χ3v) is 4.88. The maximum Gasteiger partial charge on any atom is 0.268 e. The molecular weight excluding hydrogens is 326 g/mol. The van der Waals surface area contributed by atoms with Crippen molar-refractivity contribution in [2.24, 2.45) is 0 Å². The average Bonchev–Trinajstić information content (AvgIpc) is 2.92. The van der Waals surface area contributed by atoms with Crippen molar-refractivity contribution in [1.29, 1.82) is 0 Å². The highest BCUT2D eigenvalue weighted by Gasteiger charge is 2.26. The van der Waals surface area contributed by atoms with Crippen LogP contribution in [0, 0.1) is 13.8 Å². The molecule has 5 nitrogen and oxygen atoms in total. The number of benzene rings is 1. The van der Waals surface area contributed by atoms with Crippen LogP contribution in [0.4, 0.5) is 5.69 Å². The number of nitrogens with zero attached hydrogens (tertiary/aromatic N) is 2. The monoisotopic (exact) mass is 353 g/mol. The lowest BCUT2D eigenvalue weighted by Gasteiger charge is -2.29. The summed E-state index contributed by atoms with van der Waals surface area (Å²) >= 11 is 0. The number of carbonyl (C=O) groups excluding carboxylic acids is 1. The van der Waals surface area contributed by atoms with E-state index in [0.717, 1.165) is 54.5 Å². The van der Waals surface area contributed by atoms with E-state index in [1.165, 1.54) is 0 Å². The predicted octanol–water partition coefficient (Wildman–Crippen LogP) is 3.06. The minimum Gasteiger partial charge on any atom is -0.378 e. The van der Waals surface area contributed by atoms with Crippen LogP contribution in [0.3, 0.4) is 0 Å². The van der Waals surface area contributed by atoms with Gasteiger partial charge in [-0.2, -0.15) is 0 Å². The smallest absolute Gasteiger partial charge is 0.268 e. The van der Waals surface area contributed by atoms with E-state index in [1.807, 2.05) is 43.3 Å². The molecule has 1 fully saturated rings. The van der Waals surface area contributed by atoms with Crippen LogP contribution in [0.1, 0.15) is 27.3 Å². The van der Waals surface area contributed by atoms with Gasteiger partial charge in [-0.3, -0.25) is 4.79 Å². The Balaban J connectivity index is 1.89. The number of allylic oxidation sites excluding steroid dienone is 1. The maximum atomic E-state index is 13.0. The van der Waals surface area contributed by atoms with Gasteiger partial charge in [-0.05, 0) is 19.4 Å². The Morgan fingerprint density at radius 3 is 2.58 bits per heavy atom. The Morgan fingerprint density at radius 1 is 1.23 bits per heavy atom. The Kier molecular flexibility index (Phi) is 5.78. The predicted molar refractivity (Wildman–Crippen MR) is 105 cm³/mol. The van der Waals surface area contributed by atoms with Gasteiger partial charge in [-0.25, -0.2) is 0 Å². The van der Waals surface area contributed by atoms with Crippen LogP contribution in [0.2, 0.25) is 0 Å². The normalized spacial score (nSPS) is 14.3. The van der Waals surface area contributed by atoms with Crippen molar-refractivity contribution in [2.45, 2.75) is 26.9 Å². The molecule has 1 aromatic heterocycles. The fraction of sp³-hybridized carbons (Fsp3) is 0.381. The number of carbonyl (C=O) groups is 1. The number of hydrogen-bond donors (Lipinski definition) is 1. The summed E-state index contributed by atoms with van der Waals surface area (Å²) in [6.07, 6.45) is 1.84. The molecule has 0 atom stereocenters. The summed E-state index contributed by atoms with van der Waals surface area (Å²) < 4.78 is 7.54. The highest BCUT2D eigenvalue weighted by Crippen LogP contribution is 2.31. The van der Waals surface area contributed by atoms with Crippen LogP contribution in [0.5, 0.6) is 0 Å². The molecule has 0 aliphatic carbocycles. The van der Waals surface area contributed by atoms with E-state index in [0.29, 0.717) is 13.1 Å². The van der Waals surface area contributed by atoms with Crippen molar-refractivity contribution in [3.05, 3.63) is 65.5 Å². The standard InChI is InChI=1S/C21H27N3O2/c1-4-10-24-17(3)19(23-11-13-26-14-12-23)16(2)20(24)21(25)22-15-18-8-6-5-7-9-18/h4-9H,1,10-15H2,2-3H3,(H,22,25). The first kappa shape index (κ1) is 18.3. The number of aromatic nitrogens is 1. The molecular formula is C21H27N3O2. The quantitative estimate of drug-likeness (QED) is 0.812. The van der Waals surface area contributed by atoms with E-state index >= 15 is 0 Å². The molecule has 5 heteroatoms. The first-order chi connectivity index (χ1) is 12.6. The minimum atomic E-state index is -0.0455. The molecule has 1 amide bonds. The van der Waals surface area contributed by atoms with Crippen LogP contribution in [0.25, 0.3) is 0 Å². The van der Waals surface area contributed by atoms with Crippen molar-refractivity contribution in [3.8, 4) is 0 Å². The number of amides is 1. The third kappa shape index (κ3) is 3.68. The van der Waals surface area contributed by atoms with E-state index in [2.05, 4.69) is 28.3 Å². The lowest BCUT2D eigenvalue weighted by atomic mass is 10.1. The van der Waals surface area contributed by atoms with Crippen LogP contribution >= 0.6 is 0 Å². The summed E-state index contributed by atoms with van der Waals surface area (Å²) in [7, 11) is 0. The molecule has 0 bridgehead atoms. The van der Waals surface area contributed by atoms with E-state index in [4.69, 9.17) is 4.74 Å². The summed E-state index contributed by atoms with van der Waals surface area (Å²) in [5.41, 5.74) is 5.09. The fourth-order valence-electron chi connectivity index (χ4n) is 3.65. The first-order valence-corrected chi connectivity index (χ1v) is 9.09. The molecule has 26 heavy (non-hydrogen) atoms. The SMILES string of the molecule is C=CCn1c(C)c(N2CCOCC2)c(C)c1C(=O)NCc1ccccc1. The summed E-state index contributed by atoms with van der Waals surface area (Å²) in [5.74, 6) is -0.0455. The second kappa shape index (κ2) is 8.23. The number of morpholine rings is 1. The molecule has 1 aliphatic rings. The van der Waals surface area contributed by atoms with Crippen molar-refractivity contribution in [1.82, 2.24) is 9.88 Å². The maximum absolute atomic E-state index is 13.0. The van der Waals surface area contributed by atoms with Crippen molar-refractivity contribution in [2.75, 3.05) is 31.2 Å². The number of ether oxygens (including phenoxy) is 1. The molecule has 2 aromatic rings. The Labute approximate surface area is 155 Å². The molecule has 0 unspecified atom stereocenters. The molecule has 0 radical (unpaired) electrons. The first-order valence-electron chi connectivity index (χ1n) is 9.09. The number of rotatable bonds is 6. The molecule has 1 N–H and O–H groups in total. The van der Waals surface area contributed by atoms with Gasteiger partial charge in [0.2, 0.25) is 0 Å². The van der Waals surface area contributed by atoms with Gasteiger partial charge in [-0.15, -0.1) is 6.58 Å². The zero-order valence-electron chi connectivity index (χ0n) is 15.6. The Hall–Kier alpha value is -2.53. The molecule has 1 aromatic carbocycles. The number of anilines is 1. The van der Waals surface area contributed by atoms with Crippen molar-refractivity contribution >= 4 is 11.6 Å². The fourth-order valence-corrected chi connectivity index (χ4v) is 3.65. The summed E-state index contributed by atoms with van der Waals surface area (Å²) in [4.78, 5) is 15.3. The van der Waals surface area contributed by atoms with Gasteiger partial charge in [0.1, 0.15) is 5.69 Å². The number of hydrogen-bond acceptors (Lipinski definition) is 3. The average molecular weight is 353 g/mol.